The summed E-state index contributed by atoms with van der Waals surface area (Å²) < 4.78 is 52.6. The van der Waals surface area contributed by atoms with Gasteiger partial charge in [0.05, 0.1) is 11.9 Å². The molecule has 1 N–H and O–H groups in total. The number of aryl methyl sites for hydroxylation is 1. The van der Waals surface area contributed by atoms with Crippen LogP contribution in [-0.2, 0) is 26.2 Å². The lowest BCUT2D eigenvalue weighted by atomic mass is 10.1. The molecule has 2 aromatic carbocycles. The first-order chi connectivity index (χ1) is 15.0. The SMILES string of the molecule is CC[C@H](C(=O)NC)N(Cc1ccccc1C)C(=O)CN(c1ccc(F)c(F)c1)S(C)(=O)=O. The van der Waals surface area contributed by atoms with Crippen molar-refractivity contribution in [2.45, 2.75) is 32.9 Å². The number of anilines is 1. The molecule has 0 aromatic heterocycles. The molecule has 0 fully saturated rings. The van der Waals surface area contributed by atoms with E-state index in [0.29, 0.717) is 16.8 Å². The number of benzene rings is 2. The van der Waals surface area contributed by atoms with Crippen LogP contribution in [0.1, 0.15) is 24.5 Å². The van der Waals surface area contributed by atoms with Gasteiger partial charge in [-0.3, -0.25) is 13.9 Å². The van der Waals surface area contributed by atoms with Crippen LogP contribution in [0.2, 0.25) is 0 Å². The predicted octanol–water partition coefficient (Wildman–Crippen LogP) is 2.59. The van der Waals surface area contributed by atoms with Gasteiger partial charge in [0.25, 0.3) is 0 Å². The minimum atomic E-state index is -4.02. The van der Waals surface area contributed by atoms with Crippen molar-refractivity contribution in [3.63, 3.8) is 0 Å². The van der Waals surface area contributed by atoms with Crippen molar-refractivity contribution in [2.75, 3.05) is 24.2 Å². The molecule has 10 heteroatoms. The van der Waals surface area contributed by atoms with Crippen LogP contribution in [-0.4, -0.2) is 51.0 Å². The Labute approximate surface area is 187 Å². The van der Waals surface area contributed by atoms with Gasteiger partial charge in [0.1, 0.15) is 12.6 Å². The molecule has 7 nitrogen and oxygen atoms in total. The highest BCUT2D eigenvalue weighted by atomic mass is 32.2. The lowest BCUT2D eigenvalue weighted by molar-refractivity contribution is -0.140. The van der Waals surface area contributed by atoms with E-state index in [1.165, 1.54) is 11.9 Å². The highest BCUT2D eigenvalue weighted by Gasteiger charge is 2.31. The van der Waals surface area contributed by atoms with E-state index in [1.54, 1.807) is 13.0 Å². The molecule has 1 atom stereocenters. The van der Waals surface area contributed by atoms with Gasteiger partial charge in [-0.05, 0) is 36.6 Å². The number of carbonyl (C=O) groups excluding carboxylic acids is 2. The summed E-state index contributed by atoms with van der Waals surface area (Å²) in [6, 6.07) is 9.06. The molecular weight excluding hydrogens is 440 g/mol. The minimum Gasteiger partial charge on any atom is -0.357 e. The van der Waals surface area contributed by atoms with Gasteiger partial charge in [-0.2, -0.15) is 0 Å². The monoisotopic (exact) mass is 467 g/mol. The molecule has 0 saturated heterocycles. The summed E-state index contributed by atoms with van der Waals surface area (Å²) in [7, 11) is -2.57. The largest absolute Gasteiger partial charge is 0.357 e. The number of rotatable bonds is 9. The first kappa shape index (κ1) is 25.3. The maximum Gasteiger partial charge on any atom is 0.244 e. The van der Waals surface area contributed by atoms with Crippen molar-refractivity contribution < 1.29 is 26.8 Å². The molecular formula is C22H27F2N3O4S. The molecule has 0 bridgehead atoms. The van der Waals surface area contributed by atoms with Crippen molar-refractivity contribution in [3.05, 3.63) is 65.2 Å². The quantitative estimate of drug-likeness (QED) is 0.614. The van der Waals surface area contributed by atoms with Crippen LogP contribution in [0.25, 0.3) is 0 Å². The molecule has 0 aliphatic heterocycles. The first-order valence-electron chi connectivity index (χ1n) is 9.97. The van der Waals surface area contributed by atoms with Crippen molar-refractivity contribution in [1.29, 1.82) is 0 Å². The topological polar surface area (TPSA) is 86.8 Å². The van der Waals surface area contributed by atoms with E-state index in [0.717, 1.165) is 29.5 Å². The third kappa shape index (κ3) is 6.03. The van der Waals surface area contributed by atoms with Crippen LogP contribution in [0.5, 0.6) is 0 Å². The maximum atomic E-state index is 13.7. The Morgan fingerprint density at radius 3 is 2.28 bits per heavy atom. The van der Waals surface area contributed by atoms with Crippen LogP contribution in [0.3, 0.4) is 0 Å². The lowest BCUT2D eigenvalue weighted by Crippen LogP contribution is -2.51. The zero-order valence-electron chi connectivity index (χ0n) is 18.4. The van der Waals surface area contributed by atoms with E-state index < -0.39 is 46.1 Å². The summed E-state index contributed by atoms with van der Waals surface area (Å²) in [5.41, 5.74) is 1.50. The molecule has 2 amide bonds. The standard InChI is InChI=1S/C22H27F2N3O4S/c1-5-20(22(29)25-3)26(13-16-9-7-6-8-15(16)2)21(28)14-27(32(4,30)31)17-10-11-18(23)19(24)12-17/h6-12,20H,5,13-14H2,1-4H3,(H,25,29)/t20-/m1/s1. The van der Waals surface area contributed by atoms with E-state index in [2.05, 4.69) is 5.32 Å². The van der Waals surface area contributed by atoms with Gasteiger partial charge in [-0.1, -0.05) is 31.2 Å². The van der Waals surface area contributed by atoms with Gasteiger partial charge < -0.3 is 10.2 Å². The number of amides is 2. The number of hydrogen-bond donors (Lipinski definition) is 1. The summed E-state index contributed by atoms with van der Waals surface area (Å²) in [5.74, 6) is -3.43. The Bertz CT molecular complexity index is 1090. The van der Waals surface area contributed by atoms with Crippen molar-refractivity contribution in [2.24, 2.45) is 0 Å². The third-order valence-corrected chi connectivity index (χ3v) is 6.25. The predicted molar refractivity (Wildman–Crippen MR) is 118 cm³/mol. The highest BCUT2D eigenvalue weighted by molar-refractivity contribution is 7.92. The average molecular weight is 468 g/mol. The number of nitrogens with one attached hydrogen (secondary N) is 1. The van der Waals surface area contributed by atoms with E-state index >= 15 is 0 Å². The zero-order chi connectivity index (χ0) is 24.1. The molecule has 174 valence electrons. The fourth-order valence-electron chi connectivity index (χ4n) is 3.31. The van der Waals surface area contributed by atoms with Gasteiger partial charge in [-0.15, -0.1) is 0 Å². The molecule has 0 radical (unpaired) electrons. The van der Waals surface area contributed by atoms with Crippen molar-refractivity contribution in [1.82, 2.24) is 10.2 Å². The second kappa shape index (κ2) is 10.5. The molecule has 0 heterocycles. The number of nitrogens with zero attached hydrogens (tertiary/aromatic N) is 2. The number of sulfonamides is 1. The average Bonchev–Trinajstić information content (AvgIpc) is 2.74. The molecule has 0 saturated carbocycles. The van der Waals surface area contributed by atoms with E-state index in [1.807, 2.05) is 25.1 Å². The summed E-state index contributed by atoms with van der Waals surface area (Å²) in [6.07, 6.45) is 1.16. The second-order valence-corrected chi connectivity index (χ2v) is 9.26. The molecule has 0 aliphatic rings. The Balaban J connectivity index is 2.46. The number of halogens is 2. The fourth-order valence-corrected chi connectivity index (χ4v) is 4.15. The lowest BCUT2D eigenvalue weighted by Gasteiger charge is -2.33. The second-order valence-electron chi connectivity index (χ2n) is 7.35. The van der Waals surface area contributed by atoms with Gasteiger partial charge in [0.15, 0.2) is 11.6 Å². The Hall–Kier alpha value is -3.01. The number of hydrogen-bond acceptors (Lipinski definition) is 4. The van der Waals surface area contributed by atoms with Gasteiger partial charge in [0.2, 0.25) is 21.8 Å². The summed E-state index contributed by atoms with van der Waals surface area (Å²) in [6.45, 7) is 3.00. The van der Waals surface area contributed by atoms with Gasteiger partial charge in [0, 0.05) is 19.7 Å². The molecule has 0 aliphatic carbocycles. The number of likely N-dealkylation sites (N-methyl/N-ethyl adjacent to an activating group) is 1. The van der Waals surface area contributed by atoms with E-state index in [9.17, 15) is 26.8 Å². The minimum absolute atomic E-state index is 0.0762. The Morgan fingerprint density at radius 1 is 1.09 bits per heavy atom. The van der Waals surface area contributed by atoms with Gasteiger partial charge >= 0.3 is 0 Å². The Kier molecular flexibility index (Phi) is 8.31. The van der Waals surface area contributed by atoms with Crippen LogP contribution >= 0.6 is 0 Å². The van der Waals surface area contributed by atoms with Crippen LogP contribution in [0, 0.1) is 18.6 Å². The summed E-state index contributed by atoms with van der Waals surface area (Å²) in [5, 5.41) is 2.52. The molecule has 0 spiro atoms. The fraction of sp³-hybridized carbons (Fsp3) is 0.364. The molecule has 2 aromatic rings. The molecule has 32 heavy (non-hydrogen) atoms. The molecule has 2 rings (SSSR count). The highest BCUT2D eigenvalue weighted by Crippen LogP contribution is 2.22. The van der Waals surface area contributed by atoms with E-state index in [4.69, 9.17) is 0 Å². The normalized spacial score (nSPS) is 12.2. The van der Waals surface area contributed by atoms with Crippen LogP contribution in [0.4, 0.5) is 14.5 Å². The first-order valence-corrected chi connectivity index (χ1v) is 11.8. The number of carbonyl (C=O) groups is 2. The van der Waals surface area contributed by atoms with Crippen molar-refractivity contribution >= 4 is 27.5 Å². The Morgan fingerprint density at radius 2 is 1.75 bits per heavy atom. The zero-order valence-corrected chi connectivity index (χ0v) is 19.2. The third-order valence-electron chi connectivity index (χ3n) is 5.10. The van der Waals surface area contributed by atoms with E-state index in [-0.39, 0.29) is 12.2 Å². The van der Waals surface area contributed by atoms with Crippen LogP contribution < -0.4 is 9.62 Å². The van der Waals surface area contributed by atoms with Crippen LogP contribution in [0.15, 0.2) is 42.5 Å². The summed E-state index contributed by atoms with van der Waals surface area (Å²) in [4.78, 5) is 27.1. The van der Waals surface area contributed by atoms with Crippen molar-refractivity contribution in [3.8, 4) is 0 Å². The maximum absolute atomic E-state index is 13.7. The smallest absolute Gasteiger partial charge is 0.244 e. The summed E-state index contributed by atoms with van der Waals surface area (Å²) >= 11 is 0. The van der Waals surface area contributed by atoms with Gasteiger partial charge in [-0.25, -0.2) is 17.2 Å². The molecule has 0 unspecified atom stereocenters.